The van der Waals surface area contributed by atoms with Crippen LogP contribution < -0.4 is 21.1 Å². The minimum absolute atomic E-state index is 0.0972. The number of hydrogen-bond acceptors (Lipinski definition) is 5. The molecule has 2 amide bonds. The van der Waals surface area contributed by atoms with Crippen LogP contribution in [-0.4, -0.2) is 46.2 Å². The lowest BCUT2D eigenvalue weighted by molar-refractivity contribution is 0.234. The van der Waals surface area contributed by atoms with Crippen LogP contribution in [0.25, 0.3) is 11.2 Å². The van der Waals surface area contributed by atoms with Crippen molar-refractivity contribution in [2.45, 2.75) is 45.7 Å². The van der Waals surface area contributed by atoms with Gasteiger partial charge in [0.15, 0.2) is 11.5 Å². The Labute approximate surface area is 187 Å². The number of nitrogens with zero attached hydrogens (tertiary/aromatic N) is 4. The zero-order chi connectivity index (χ0) is 22.5. The summed E-state index contributed by atoms with van der Waals surface area (Å²) in [4.78, 5) is 36.6. The molecule has 1 aliphatic heterocycles. The Kier molecular flexibility index (Phi) is 6.68. The minimum Gasteiger partial charge on any atom is -0.352 e. The molecule has 0 unspecified atom stereocenters. The van der Waals surface area contributed by atoms with Gasteiger partial charge in [-0.25, -0.2) is 14.8 Å². The number of rotatable bonds is 6. The third-order valence-corrected chi connectivity index (χ3v) is 5.81. The molecule has 1 saturated heterocycles. The topological polar surface area (TPSA) is 92.2 Å². The first-order valence-corrected chi connectivity index (χ1v) is 11.3. The summed E-state index contributed by atoms with van der Waals surface area (Å²) in [5.74, 6) is 0.450. The normalized spacial score (nSPS) is 14.5. The van der Waals surface area contributed by atoms with E-state index in [1.807, 2.05) is 55.1 Å². The monoisotopic (exact) mass is 434 g/mol. The van der Waals surface area contributed by atoms with E-state index >= 15 is 0 Å². The van der Waals surface area contributed by atoms with Gasteiger partial charge in [0, 0.05) is 31.9 Å². The Morgan fingerprint density at radius 1 is 1.16 bits per heavy atom. The van der Waals surface area contributed by atoms with Crippen LogP contribution >= 0.6 is 0 Å². The number of nitrogens with one attached hydrogen (secondary N) is 2. The molecule has 8 heteroatoms. The Bertz CT molecular complexity index is 1130. The fraction of sp³-hybridized carbons (Fsp3) is 0.417. The highest BCUT2D eigenvalue weighted by molar-refractivity contribution is 5.74. The number of pyridine rings is 1. The standard InChI is InChI=1S/C24H30N6O2/c1-3-12-26-24(32)27-19-10-14-29(15-11-19)22-23(31)30(16-18-8-6-17(2)7-9-18)21-20(28-22)5-4-13-25-21/h4-9,13,19H,3,10-12,14-16H2,1-2H3,(H2,26,27,32). The van der Waals surface area contributed by atoms with Crippen molar-refractivity contribution in [3.05, 3.63) is 64.1 Å². The van der Waals surface area contributed by atoms with Crippen LogP contribution in [0.1, 0.15) is 37.3 Å². The summed E-state index contributed by atoms with van der Waals surface area (Å²) < 4.78 is 1.71. The van der Waals surface area contributed by atoms with Gasteiger partial charge in [0.25, 0.3) is 5.56 Å². The van der Waals surface area contributed by atoms with Crippen molar-refractivity contribution in [2.24, 2.45) is 0 Å². The predicted molar refractivity (Wildman–Crippen MR) is 126 cm³/mol. The molecule has 168 valence electrons. The molecule has 1 aromatic carbocycles. The second kappa shape index (κ2) is 9.80. The van der Waals surface area contributed by atoms with Gasteiger partial charge < -0.3 is 15.5 Å². The van der Waals surface area contributed by atoms with Gasteiger partial charge in [0.05, 0.1) is 6.54 Å². The van der Waals surface area contributed by atoms with Crippen LogP contribution in [0.3, 0.4) is 0 Å². The fourth-order valence-electron chi connectivity index (χ4n) is 4.00. The van der Waals surface area contributed by atoms with E-state index in [0.29, 0.717) is 43.2 Å². The molecule has 2 aromatic heterocycles. The molecule has 2 N–H and O–H groups in total. The summed E-state index contributed by atoms with van der Waals surface area (Å²) in [6.07, 6.45) is 4.13. The number of aromatic nitrogens is 3. The van der Waals surface area contributed by atoms with Crippen LogP contribution in [-0.2, 0) is 6.54 Å². The van der Waals surface area contributed by atoms with Gasteiger partial charge in [-0.05, 0) is 43.9 Å². The maximum absolute atomic E-state index is 13.5. The molecule has 0 bridgehead atoms. The molecule has 0 saturated carbocycles. The zero-order valence-corrected chi connectivity index (χ0v) is 18.7. The molecule has 3 heterocycles. The largest absolute Gasteiger partial charge is 0.352 e. The van der Waals surface area contributed by atoms with Crippen molar-refractivity contribution in [2.75, 3.05) is 24.5 Å². The summed E-state index contributed by atoms with van der Waals surface area (Å²) in [5.41, 5.74) is 3.38. The summed E-state index contributed by atoms with van der Waals surface area (Å²) in [5, 5.41) is 5.88. The number of fused-ring (bicyclic) bond motifs is 1. The molecule has 1 fully saturated rings. The molecular weight excluding hydrogens is 404 g/mol. The van der Waals surface area contributed by atoms with Gasteiger partial charge >= 0.3 is 6.03 Å². The maximum atomic E-state index is 13.5. The van der Waals surface area contributed by atoms with Crippen molar-refractivity contribution in [3.63, 3.8) is 0 Å². The highest BCUT2D eigenvalue weighted by Gasteiger charge is 2.24. The minimum atomic E-state index is -0.135. The molecule has 1 aliphatic rings. The Balaban J connectivity index is 1.56. The SMILES string of the molecule is CCCNC(=O)NC1CCN(c2nc3cccnc3n(Cc3ccc(C)cc3)c2=O)CC1. The van der Waals surface area contributed by atoms with Crippen LogP contribution in [0, 0.1) is 6.92 Å². The fourth-order valence-corrected chi connectivity index (χ4v) is 4.00. The number of piperidine rings is 1. The van der Waals surface area contributed by atoms with Gasteiger partial charge in [-0.3, -0.25) is 9.36 Å². The van der Waals surface area contributed by atoms with Crippen LogP contribution in [0.5, 0.6) is 0 Å². The number of anilines is 1. The average molecular weight is 435 g/mol. The van der Waals surface area contributed by atoms with Gasteiger partial charge in [-0.1, -0.05) is 36.8 Å². The van der Waals surface area contributed by atoms with Gasteiger partial charge in [-0.15, -0.1) is 0 Å². The van der Waals surface area contributed by atoms with E-state index in [2.05, 4.69) is 20.6 Å². The van der Waals surface area contributed by atoms with Crippen molar-refractivity contribution in [3.8, 4) is 0 Å². The summed E-state index contributed by atoms with van der Waals surface area (Å²) in [6.45, 7) is 6.51. The number of carbonyl (C=O) groups excluding carboxylic acids is 1. The summed E-state index contributed by atoms with van der Waals surface area (Å²) in [6, 6.07) is 11.9. The predicted octanol–water partition coefficient (Wildman–Crippen LogP) is 2.83. The molecule has 0 spiro atoms. The van der Waals surface area contributed by atoms with E-state index in [9.17, 15) is 9.59 Å². The van der Waals surface area contributed by atoms with Crippen molar-refractivity contribution >= 4 is 23.0 Å². The van der Waals surface area contributed by atoms with E-state index in [1.165, 1.54) is 5.56 Å². The second-order valence-electron chi connectivity index (χ2n) is 8.32. The second-order valence-corrected chi connectivity index (χ2v) is 8.32. The lowest BCUT2D eigenvalue weighted by atomic mass is 10.1. The molecular formula is C24H30N6O2. The van der Waals surface area contributed by atoms with Crippen molar-refractivity contribution in [1.29, 1.82) is 0 Å². The van der Waals surface area contributed by atoms with E-state index in [4.69, 9.17) is 0 Å². The number of hydrogen-bond donors (Lipinski definition) is 2. The third-order valence-electron chi connectivity index (χ3n) is 5.81. The molecule has 0 radical (unpaired) electrons. The van der Waals surface area contributed by atoms with Gasteiger partial charge in [-0.2, -0.15) is 0 Å². The first-order chi connectivity index (χ1) is 15.5. The van der Waals surface area contributed by atoms with Crippen LogP contribution in [0.15, 0.2) is 47.4 Å². The molecule has 0 aliphatic carbocycles. The Morgan fingerprint density at radius 2 is 1.91 bits per heavy atom. The molecule has 8 nitrogen and oxygen atoms in total. The number of carbonyl (C=O) groups is 1. The lowest BCUT2D eigenvalue weighted by Gasteiger charge is -2.33. The number of urea groups is 1. The highest BCUT2D eigenvalue weighted by Crippen LogP contribution is 2.18. The first-order valence-electron chi connectivity index (χ1n) is 11.3. The van der Waals surface area contributed by atoms with Gasteiger partial charge in [0.1, 0.15) is 5.52 Å². The van der Waals surface area contributed by atoms with E-state index in [1.54, 1.807) is 10.8 Å². The lowest BCUT2D eigenvalue weighted by Crippen LogP contribution is -2.49. The zero-order valence-electron chi connectivity index (χ0n) is 18.7. The van der Waals surface area contributed by atoms with E-state index < -0.39 is 0 Å². The molecule has 4 rings (SSSR count). The quantitative estimate of drug-likeness (QED) is 0.622. The average Bonchev–Trinajstić information content (AvgIpc) is 2.81. The molecule has 0 atom stereocenters. The van der Waals surface area contributed by atoms with Crippen LogP contribution in [0.4, 0.5) is 10.6 Å². The number of aryl methyl sites for hydroxylation is 1. The van der Waals surface area contributed by atoms with Crippen molar-refractivity contribution < 1.29 is 4.79 Å². The molecule has 32 heavy (non-hydrogen) atoms. The first kappa shape index (κ1) is 21.8. The number of benzene rings is 1. The van der Waals surface area contributed by atoms with Crippen LogP contribution in [0.2, 0.25) is 0 Å². The number of amides is 2. The Hall–Kier alpha value is -3.42. The smallest absolute Gasteiger partial charge is 0.315 e. The van der Waals surface area contributed by atoms with E-state index in [-0.39, 0.29) is 17.6 Å². The van der Waals surface area contributed by atoms with E-state index in [0.717, 1.165) is 24.8 Å². The van der Waals surface area contributed by atoms with Gasteiger partial charge in [0.2, 0.25) is 0 Å². The summed E-state index contributed by atoms with van der Waals surface area (Å²) >= 11 is 0. The third kappa shape index (κ3) is 4.90. The Morgan fingerprint density at radius 3 is 2.62 bits per heavy atom. The summed E-state index contributed by atoms with van der Waals surface area (Å²) in [7, 11) is 0. The van der Waals surface area contributed by atoms with Crippen molar-refractivity contribution in [1.82, 2.24) is 25.2 Å². The maximum Gasteiger partial charge on any atom is 0.315 e. The molecule has 3 aromatic rings. The highest BCUT2D eigenvalue weighted by atomic mass is 16.2.